The molecule has 0 aliphatic carbocycles. The molecule has 0 aromatic carbocycles. The Morgan fingerprint density at radius 1 is 1.32 bits per heavy atom. The number of piperidine rings is 1. The summed E-state index contributed by atoms with van der Waals surface area (Å²) in [7, 11) is 1.44. The van der Waals surface area contributed by atoms with Crippen LogP contribution >= 0.6 is 11.8 Å². The van der Waals surface area contributed by atoms with Gasteiger partial charge in [0.05, 0.1) is 5.56 Å². The van der Waals surface area contributed by atoms with Crippen LogP contribution in [-0.2, 0) is 9.59 Å². The van der Waals surface area contributed by atoms with Gasteiger partial charge in [0, 0.05) is 44.9 Å². The first-order valence-electron chi connectivity index (χ1n) is 9.03. The van der Waals surface area contributed by atoms with Crippen LogP contribution in [0.2, 0.25) is 0 Å². The van der Waals surface area contributed by atoms with Gasteiger partial charge in [0.2, 0.25) is 11.8 Å². The van der Waals surface area contributed by atoms with Gasteiger partial charge in [-0.1, -0.05) is 16.9 Å². The second-order valence-corrected chi connectivity index (χ2v) is 7.98. The van der Waals surface area contributed by atoms with Crippen LogP contribution in [0.1, 0.15) is 31.0 Å². The van der Waals surface area contributed by atoms with Crippen LogP contribution in [0.5, 0.6) is 0 Å². The van der Waals surface area contributed by atoms with E-state index in [1.807, 2.05) is 12.1 Å². The summed E-state index contributed by atoms with van der Waals surface area (Å²) in [6, 6.07) is 3.66. The molecule has 0 bridgehead atoms. The van der Waals surface area contributed by atoms with Crippen LogP contribution in [-0.4, -0.2) is 67.4 Å². The largest absolute Gasteiger partial charge is 0.343 e. The van der Waals surface area contributed by atoms with Gasteiger partial charge in [-0.3, -0.25) is 24.3 Å². The molecule has 0 spiro atoms. The first-order chi connectivity index (χ1) is 13.5. The molecule has 2 saturated heterocycles. The average Bonchev–Trinajstić information content (AvgIpc) is 3.31. The van der Waals surface area contributed by atoms with Crippen LogP contribution in [0.4, 0.5) is 4.79 Å². The molecular weight excluding hydrogens is 382 g/mol. The van der Waals surface area contributed by atoms with Crippen molar-refractivity contribution >= 4 is 28.8 Å². The third-order valence-corrected chi connectivity index (χ3v) is 6.17. The Balaban J connectivity index is 1.32. The number of aromatic nitrogens is 3. The average molecular weight is 401 g/mol. The molecular formula is C18H19N5O4S. The minimum atomic E-state index is -0.609. The Kier molecular flexibility index (Phi) is 5.12. The van der Waals surface area contributed by atoms with Crippen molar-refractivity contribution in [2.24, 2.45) is 0 Å². The molecule has 0 radical (unpaired) electrons. The number of amides is 3. The summed E-state index contributed by atoms with van der Waals surface area (Å²) in [6.07, 6.45) is 4.85. The Morgan fingerprint density at radius 3 is 2.75 bits per heavy atom. The molecule has 146 valence electrons. The lowest BCUT2D eigenvalue weighted by Gasteiger charge is -2.31. The van der Waals surface area contributed by atoms with E-state index in [9.17, 15) is 14.4 Å². The fraction of sp³-hybridized carbons (Fsp3) is 0.444. The number of thioether (sulfide) groups is 1. The maximum absolute atomic E-state index is 12.5. The molecule has 9 nitrogen and oxygen atoms in total. The van der Waals surface area contributed by atoms with Gasteiger partial charge in [-0.2, -0.15) is 4.98 Å². The number of pyridine rings is 1. The predicted octanol–water partition coefficient (Wildman–Crippen LogP) is 1.92. The van der Waals surface area contributed by atoms with Crippen molar-refractivity contribution in [2.75, 3.05) is 20.1 Å². The zero-order valence-electron chi connectivity index (χ0n) is 15.3. The smallest absolute Gasteiger partial charge is 0.288 e. The molecule has 2 aromatic heterocycles. The standard InChI is InChI=1S/C18H19N5O4S/c1-22-17(25)13(28-18(22)26)9-14(24)23-7-4-11(5-8-23)15-20-16(27-21-15)12-3-2-6-19-10-12/h2-3,6,10-11,13H,4-5,7-9H2,1H3. The summed E-state index contributed by atoms with van der Waals surface area (Å²) in [4.78, 5) is 47.4. The molecule has 1 unspecified atom stereocenters. The van der Waals surface area contributed by atoms with Gasteiger partial charge >= 0.3 is 0 Å². The summed E-state index contributed by atoms with van der Waals surface area (Å²) >= 11 is 0.925. The molecule has 2 aromatic rings. The van der Waals surface area contributed by atoms with E-state index in [4.69, 9.17) is 4.52 Å². The highest BCUT2D eigenvalue weighted by molar-refractivity contribution is 8.15. The van der Waals surface area contributed by atoms with Crippen molar-refractivity contribution in [3.63, 3.8) is 0 Å². The Morgan fingerprint density at radius 2 is 2.11 bits per heavy atom. The predicted molar refractivity (Wildman–Crippen MR) is 100 cm³/mol. The number of nitrogens with zero attached hydrogens (tertiary/aromatic N) is 5. The number of carbonyl (C=O) groups excluding carboxylic acids is 3. The highest BCUT2D eigenvalue weighted by atomic mass is 32.2. The van der Waals surface area contributed by atoms with Crippen LogP contribution < -0.4 is 0 Å². The molecule has 28 heavy (non-hydrogen) atoms. The third-order valence-electron chi connectivity index (χ3n) is 5.05. The van der Waals surface area contributed by atoms with E-state index in [2.05, 4.69) is 15.1 Å². The highest BCUT2D eigenvalue weighted by Crippen LogP contribution is 2.31. The molecule has 0 saturated carbocycles. The summed E-state index contributed by atoms with van der Waals surface area (Å²) in [6.45, 7) is 1.13. The van der Waals surface area contributed by atoms with Crippen LogP contribution in [0.15, 0.2) is 29.0 Å². The summed E-state index contributed by atoms with van der Waals surface area (Å²) in [5, 5.41) is 3.18. The monoisotopic (exact) mass is 401 g/mol. The lowest BCUT2D eigenvalue weighted by Crippen LogP contribution is -2.40. The minimum Gasteiger partial charge on any atom is -0.343 e. The third kappa shape index (κ3) is 3.64. The van der Waals surface area contributed by atoms with Gasteiger partial charge in [-0.05, 0) is 25.0 Å². The van der Waals surface area contributed by atoms with E-state index >= 15 is 0 Å². The number of likely N-dealkylation sites (tertiary alicyclic amines) is 1. The van der Waals surface area contributed by atoms with Gasteiger partial charge in [0.1, 0.15) is 5.25 Å². The normalized spacial score (nSPS) is 20.8. The summed E-state index contributed by atoms with van der Waals surface area (Å²) in [5.41, 5.74) is 0.770. The minimum absolute atomic E-state index is 0.0532. The van der Waals surface area contributed by atoms with Crippen LogP contribution in [0.25, 0.3) is 11.5 Å². The van der Waals surface area contributed by atoms with Crippen molar-refractivity contribution in [3.8, 4) is 11.5 Å². The van der Waals surface area contributed by atoms with Crippen LogP contribution in [0, 0.1) is 0 Å². The number of imide groups is 1. The van der Waals surface area contributed by atoms with Crippen molar-refractivity contribution in [1.29, 1.82) is 0 Å². The van der Waals surface area contributed by atoms with E-state index < -0.39 is 5.25 Å². The maximum Gasteiger partial charge on any atom is 0.288 e. The highest BCUT2D eigenvalue weighted by Gasteiger charge is 2.39. The molecule has 2 aliphatic rings. The van der Waals surface area contributed by atoms with E-state index in [1.165, 1.54) is 7.05 Å². The fourth-order valence-electron chi connectivity index (χ4n) is 3.37. The van der Waals surface area contributed by atoms with Crippen molar-refractivity contribution in [1.82, 2.24) is 24.9 Å². The summed E-state index contributed by atoms with van der Waals surface area (Å²) in [5.74, 6) is 0.796. The Labute approximate surface area is 165 Å². The molecule has 10 heteroatoms. The van der Waals surface area contributed by atoms with Crippen LogP contribution in [0.3, 0.4) is 0 Å². The second-order valence-electron chi connectivity index (χ2n) is 6.83. The first kappa shape index (κ1) is 18.6. The topological polar surface area (TPSA) is 110 Å². The lowest BCUT2D eigenvalue weighted by atomic mass is 9.96. The zero-order valence-corrected chi connectivity index (χ0v) is 16.1. The quantitative estimate of drug-likeness (QED) is 0.764. The molecule has 0 N–H and O–H groups in total. The maximum atomic E-state index is 12.5. The molecule has 1 atom stereocenters. The second kappa shape index (κ2) is 7.70. The van der Waals surface area contributed by atoms with Crippen molar-refractivity contribution < 1.29 is 18.9 Å². The number of hydrogen-bond acceptors (Lipinski definition) is 8. The van der Waals surface area contributed by atoms with Gasteiger partial charge in [0.25, 0.3) is 11.1 Å². The van der Waals surface area contributed by atoms with E-state index in [0.29, 0.717) is 24.8 Å². The van der Waals surface area contributed by atoms with E-state index in [-0.39, 0.29) is 29.4 Å². The summed E-state index contributed by atoms with van der Waals surface area (Å²) < 4.78 is 5.34. The lowest BCUT2D eigenvalue weighted by molar-refractivity contribution is -0.135. The molecule has 2 fully saturated rings. The van der Waals surface area contributed by atoms with E-state index in [1.54, 1.807) is 17.3 Å². The van der Waals surface area contributed by atoms with E-state index in [0.717, 1.165) is 35.1 Å². The zero-order chi connectivity index (χ0) is 19.7. The first-order valence-corrected chi connectivity index (χ1v) is 9.91. The van der Waals surface area contributed by atoms with Gasteiger partial charge in [0.15, 0.2) is 5.82 Å². The van der Waals surface area contributed by atoms with Gasteiger partial charge < -0.3 is 9.42 Å². The fourth-order valence-corrected chi connectivity index (χ4v) is 4.34. The Hall–Kier alpha value is -2.75. The SMILES string of the molecule is CN1C(=O)SC(CC(=O)N2CCC(c3noc(-c4cccnc4)n3)CC2)C1=O. The molecule has 4 rings (SSSR count). The molecule has 2 aliphatic heterocycles. The Bertz CT molecular complexity index is 894. The number of hydrogen-bond donors (Lipinski definition) is 0. The van der Waals surface area contributed by atoms with Crippen molar-refractivity contribution in [3.05, 3.63) is 30.4 Å². The number of carbonyl (C=O) groups is 3. The molecule has 4 heterocycles. The van der Waals surface area contributed by atoms with Gasteiger partial charge in [-0.15, -0.1) is 0 Å². The number of rotatable bonds is 4. The molecule has 3 amide bonds. The van der Waals surface area contributed by atoms with Crippen molar-refractivity contribution in [2.45, 2.75) is 30.4 Å². The van der Waals surface area contributed by atoms with Gasteiger partial charge in [-0.25, -0.2) is 0 Å².